The molecule has 1 aliphatic carbocycles. The Morgan fingerprint density at radius 1 is 1.37 bits per heavy atom. The van der Waals surface area contributed by atoms with Crippen LogP contribution in [0.2, 0.25) is 0 Å². The first-order valence-corrected chi connectivity index (χ1v) is 6.83. The summed E-state index contributed by atoms with van der Waals surface area (Å²) in [4.78, 5) is 2.12. The first-order valence-electron chi connectivity index (χ1n) is 6.83. The number of hydrogen-bond donors (Lipinski definition) is 3. The molecule has 0 bridgehead atoms. The van der Waals surface area contributed by atoms with E-state index in [0.717, 1.165) is 36.8 Å². The van der Waals surface area contributed by atoms with Crippen molar-refractivity contribution in [2.45, 2.75) is 37.8 Å². The van der Waals surface area contributed by atoms with Crippen LogP contribution in [0.4, 0.5) is 0 Å². The second kappa shape index (κ2) is 5.72. The first-order chi connectivity index (χ1) is 9.00. The molecule has 0 heterocycles. The van der Waals surface area contributed by atoms with Gasteiger partial charge in [-0.2, -0.15) is 0 Å². The van der Waals surface area contributed by atoms with Crippen LogP contribution in [0.5, 0.6) is 0 Å². The fourth-order valence-electron chi connectivity index (χ4n) is 2.96. The third kappa shape index (κ3) is 3.55. The number of benzene rings is 1. The minimum atomic E-state index is -0.528. The van der Waals surface area contributed by atoms with Gasteiger partial charge in [0.15, 0.2) is 0 Å². The van der Waals surface area contributed by atoms with Crippen LogP contribution in [0.3, 0.4) is 0 Å². The van der Waals surface area contributed by atoms with Crippen LogP contribution in [0, 0.1) is 5.41 Å². The molecule has 1 aliphatic rings. The van der Waals surface area contributed by atoms with E-state index in [9.17, 15) is 5.11 Å². The molecule has 2 rings (SSSR count). The van der Waals surface area contributed by atoms with Gasteiger partial charge < -0.3 is 10.8 Å². The molecule has 4 heteroatoms. The van der Waals surface area contributed by atoms with Gasteiger partial charge in [0.1, 0.15) is 5.84 Å². The van der Waals surface area contributed by atoms with E-state index in [2.05, 4.69) is 4.90 Å². The molecule has 1 aromatic carbocycles. The maximum atomic E-state index is 10.4. The van der Waals surface area contributed by atoms with Crippen molar-refractivity contribution in [1.29, 1.82) is 5.41 Å². The van der Waals surface area contributed by atoms with Crippen molar-refractivity contribution in [2.24, 2.45) is 5.73 Å². The van der Waals surface area contributed by atoms with Crippen molar-refractivity contribution in [3.63, 3.8) is 0 Å². The van der Waals surface area contributed by atoms with E-state index in [4.69, 9.17) is 11.1 Å². The molecule has 0 aliphatic heterocycles. The Labute approximate surface area is 114 Å². The zero-order valence-electron chi connectivity index (χ0n) is 11.5. The van der Waals surface area contributed by atoms with Crippen molar-refractivity contribution in [1.82, 2.24) is 4.90 Å². The van der Waals surface area contributed by atoms with E-state index in [-0.39, 0.29) is 5.84 Å². The molecule has 1 fully saturated rings. The highest BCUT2D eigenvalue weighted by Gasteiger charge is 2.32. The lowest BCUT2D eigenvalue weighted by molar-refractivity contribution is 0.0145. The number of nitrogens with two attached hydrogens (primary N) is 1. The molecule has 1 aromatic rings. The Morgan fingerprint density at radius 2 is 2.00 bits per heavy atom. The monoisotopic (exact) mass is 261 g/mol. The smallest absolute Gasteiger partial charge is 0.123 e. The number of nitrogen functional groups attached to an aromatic ring is 1. The summed E-state index contributed by atoms with van der Waals surface area (Å²) >= 11 is 0. The molecule has 0 radical (unpaired) electrons. The Balaban J connectivity index is 2.02. The molecule has 0 saturated heterocycles. The summed E-state index contributed by atoms with van der Waals surface area (Å²) in [7, 11) is 2.01. The molecule has 19 heavy (non-hydrogen) atoms. The molecule has 0 unspecified atom stereocenters. The predicted molar refractivity (Wildman–Crippen MR) is 77.2 cm³/mol. The van der Waals surface area contributed by atoms with Gasteiger partial charge in [0.05, 0.1) is 5.60 Å². The van der Waals surface area contributed by atoms with Crippen LogP contribution >= 0.6 is 0 Å². The first kappa shape index (κ1) is 14.0. The number of hydrogen-bond acceptors (Lipinski definition) is 3. The van der Waals surface area contributed by atoms with E-state index < -0.39 is 5.60 Å². The maximum Gasteiger partial charge on any atom is 0.123 e. The molecule has 0 atom stereocenters. The average Bonchev–Trinajstić information content (AvgIpc) is 2.75. The van der Waals surface area contributed by atoms with E-state index >= 15 is 0 Å². The molecule has 4 nitrogen and oxygen atoms in total. The van der Waals surface area contributed by atoms with Crippen molar-refractivity contribution in [2.75, 3.05) is 13.6 Å². The van der Waals surface area contributed by atoms with Crippen molar-refractivity contribution in [3.05, 3.63) is 35.4 Å². The van der Waals surface area contributed by atoms with Gasteiger partial charge >= 0.3 is 0 Å². The van der Waals surface area contributed by atoms with Gasteiger partial charge in [0.25, 0.3) is 0 Å². The van der Waals surface area contributed by atoms with Crippen molar-refractivity contribution < 1.29 is 5.11 Å². The molecular formula is C15H23N3O. The van der Waals surface area contributed by atoms with Gasteiger partial charge in [-0.15, -0.1) is 0 Å². The third-order valence-electron chi connectivity index (χ3n) is 3.85. The number of nitrogens with zero attached hydrogens (tertiary/aromatic N) is 1. The molecule has 1 saturated carbocycles. The standard InChI is InChI=1S/C15H23N3O/c1-18(11-15(19)8-4-5-9-15)10-12-6-2-3-7-13(12)14(16)17/h2-3,6-7,19H,4-5,8-11H2,1H3,(H3,16,17). The summed E-state index contributed by atoms with van der Waals surface area (Å²) in [5, 5.41) is 18.0. The van der Waals surface area contributed by atoms with Crippen LogP contribution in [-0.4, -0.2) is 35.0 Å². The normalized spacial score (nSPS) is 17.8. The van der Waals surface area contributed by atoms with Gasteiger partial charge in [0, 0.05) is 18.7 Å². The van der Waals surface area contributed by atoms with E-state index in [1.54, 1.807) is 0 Å². The number of aliphatic hydroxyl groups is 1. The molecule has 0 aromatic heterocycles. The summed E-state index contributed by atoms with van der Waals surface area (Å²) < 4.78 is 0. The van der Waals surface area contributed by atoms with E-state index in [1.807, 2.05) is 31.3 Å². The summed E-state index contributed by atoms with van der Waals surface area (Å²) in [5.74, 6) is 0.101. The Kier molecular flexibility index (Phi) is 4.22. The SMILES string of the molecule is CN(Cc1ccccc1C(=N)N)CC1(O)CCCC1. The van der Waals surface area contributed by atoms with Gasteiger partial charge in [-0.05, 0) is 25.5 Å². The van der Waals surface area contributed by atoms with Crippen molar-refractivity contribution in [3.8, 4) is 0 Å². The summed E-state index contributed by atoms with van der Waals surface area (Å²) in [6.07, 6.45) is 4.03. The van der Waals surface area contributed by atoms with Crippen molar-refractivity contribution >= 4 is 5.84 Å². The van der Waals surface area contributed by atoms with Crippen LogP contribution in [0.25, 0.3) is 0 Å². The maximum absolute atomic E-state index is 10.4. The average molecular weight is 261 g/mol. The molecule has 104 valence electrons. The zero-order valence-corrected chi connectivity index (χ0v) is 11.5. The lowest BCUT2D eigenvalue weighted by Gasteiger charge is -2.29. The summed E-state index contributed by atoms with van der Waals surface area (Å²) in [6, 6.07) is 7.71. The number of nitrogens with one attached hydrogen (secondary N) is 1. The fraction of sp³-hybridized carbons (Fsp3) is 0.533. The second-order valence-corrected chi connectivity index (χ2v) is 5.67. The largest absolute Gasteiger partial charge is 0.389 e. The Hall–Kier alpha value is -1.39. The van der Waals surface area contributed by atoms with Crippen LogP contribution in [-0.2, 0) is 6.54 Å². The lowest BCUT2D eigenvalue weighted by Crippen LogP contribution is -2.39. The third-order valence-corrected chi connectivity index (χ3v) is 3.85. The fourth-order valence-corrected chi connectivity index (χ4v) is 2.96. The number of amidine groups is 1. The predicted octanol–water partition coefficient (Wildman–Crippen LogP) is 1.71. The second-order valence-electron chi connectivity index (χ2n) is 5.67. The summed E-state index contributed by atoms with van der Waals surface area (Å²) in [6.45, 7) is 1.39. The Morgan fingerprint density at radius 3 is 2.63 bits per heavy atom. The highest BCUT2D eigenvalue weighted by Crippen LogP contribution is 2.30. The lowest BCUT2D eigenvalue weighted by atomic mass is 10.0. The van der Waals surface area contributed by atoms with Crippen LogP contribution in [0.1, 0.15) is 36.8 Å². The molecule has 4 N–H and O–H groups in total. The quantitative estimate of drug-likeness (QED) is 0.558. The van der Waals surface area contributed by atoms with Crippen LogP contribution in [0.15, 0.2) is 24.3 Å². The zero-order chi connectivity index (χ0) is 13.9. The minimum absolute atomic E-state index is 0.101. The van der Waals surface area contributed by atoms with Gasteiger partial charge in [-0.1, -0.05) is 37.1 Å². The van der Waals surface area contributed by atoms with Gasteiger partial charge in [0.2, 0.25) is 0 Å². The Bertz CT molecular complexity index is 452. The highest BCUT2D eigenvalue weighted by molar-refractivity contribution is 5.96. The van der Waals surface area contributed by atoms with E-state index in [1.165, 1.54) is 0 Å². The molecule has 0 amide bonds. The summed E-state index contributed by atoms with van der Waals surface area (Å²) in [5.41, 5.74) is 6.89. The molecule has 0 spiro atoms. The van der Waals surface area contributed by atoms with E-state index in [0.29, 0.717) is 13.1 Å². The number of likely N-dealkylation sites (N-methyl/N-ethyl adjacent to an activating group) is 1. The molecular weight excluding hydrogens is 238 g/mol. The minimum Gasteiger partial charge on any atom is -0.389 e. The van der Waals surface area contributed by atoms with Gasteiger partial charge in [-0.3, -0.25) is 10.3 Å². The van der Waals surface area contributed by atoms with Gasteiger partial charge in [-0.25, -0.2) is 0 Å². The topological polar surface area (TPSA) is 73.3 Å². The number of rotatable bonds is 5. The van der Waals surface area contributed by atoms with Crippen LogP contribution < -0.4 is 5.73 Å². The highest BCUT2D eigenvalue weighted by atomic mass is 16.3.